The predicted octanol–water partition coefficient (Wildman–Crippen LogP) is 2.01. The molecule has 0 aliphatic heterocycles. The summed E-state index contributed by atoms with van der Waals surface area (Å²) < 4.78 is 2.06. The number of imidazole rings is 1. The number of hydrogen-bond acceptors (Lipinski definition) is 2. The maximum atomic E-state index is 4.27. The van der Waals surface area contributed by atoms with Crippen molar-refractivity contribution >= 4 is 0 Å². The van der Waals surface area contributed by atoms with Crippen molar-refractivity contribution in [3.63, 3.8) is 0 Å². The van der Waals surface area contributed by atoms with E-state index in [2.05, 4.69) is 20.9 Å². The van der Waals surface area contributed by atoms with Crippen LogP contribution >= 0.6 is 0 Å². The van der Waals surface area contributed by atoms with E-state index in [1.54, 1.807) is 5.57 Å². The highest BCUT2D eigenvalue weighted by Crippen LogP contribution is 2.19. The van der Waals surface area contributed by atoms with E-state index in [-0.39, 0.29) is 0 Å². The van der Waals surface area contributed by atoms with Gasteiger partial charge in [-0.3, -0.25) is 0 Å². The highest BCUT2D eigenvalue weighted by atomic mass is 15.1. The molecule has 0 saturated heterocycles. The van der Waals surface area contributed by atoms with E-state index in [0.717, 1.165) is 18.9 Å². The summed E-state index contributed by atoms with van der Waals surface area (Å²) in [5.41, 5.74) is 1.63. The smallest absolute Gasteiger partial charge is 0.122 e. The Balaban J connectivity index is 1.65. The van der Waals surface area contributed by atoms with Gasteiger partial charge in [0.2, 0.25) is 0 Å². The van der Waals surface area contributed by atoms with Crippen molar-refractivity contribution in [1.82, 2.24) is 14.9 Å². The van der Waals surface area contributed by atoms with Crippen LogP contribution < -0.4 is 5.32 Å². The topological polar surface area (TPSA) is 29.9 Å². The molecule has 0 radical (unpaired) electrons. The Kier molecular flexibility index (Phi) is 3.56. The fourth-order valence-corrected chi connectivity index (χ4v) is 1.98. The van der Waals surface area contributed by atoms with Gasteiger partial charge in [-0.2, -0.15) is 0 Å². The van der Waals surface area contributed by atoms with Crippen LogP contribution in [-0.4, -0.2) is 16.1 Å². The summed E-state index contributed by atoms with van der Waals surface area (Å²) in [5, 5.41) is 3.43. The average molecular weight is 205 g/mol. The minimum absolute atomic E-state index is 0.872. The van der Waals surface area contributed by atoms with E-state index in [0.29, 0.717) is 0 Å². The molecule has 0 fully saturated rings. The first-order valence-electron chi connectivity index (χ1n) is 5.71. The van der Waals surface area contributed by atoms with Crippen LogP contribution in [0.1, 0.15) is 31.5 Å². The molecule has 15 heavy (non-hydrogen) atoms. The molecule has 0 bridgehead atoms. The van der Waals surface area contributed by atoms with Crippen LogP contribution in [0.15, 0.2) is 24.0 Å². The minimum atomic E-state index is 0.872. The summed E-state index contributed by atoms with van der Waals surface area (Å²) in [7, 11) is 2.03. The van der Waals surface area contributed by atoms with E-state index in [1.807, 2.05) is 19.4 Å². The minimum Gasteiger partial charge on any atom is -0.337 e. The third kappa shape index (κ3) is 2.93. The summed E-state index contributed by atoms with van der Waals surface area (Å²) in [6.07, 6.45) is 11.4. The van der Waals surface area contributed by atoms with Crippen LogP contribution in [0.4, 0.5) is 0 Å². The number of allylic oxidation sites excluding steroid dienone is 1. The summed E-state index contributed by atoms with van der Waals surface area (Å²) in [4.78, 5) is 4.27. The van der Waals surface area contributed by atoms with Crippen LogP contribution in [0.3, 0.4) is 0 Å². The molecule has 3 nitrogen and oxygen atoms in total. The molecule has 1 aromatic heterocycles. The number of aryl methyl sites for hydroxylation is 1. The maximum Gasteiger partial charge on any atom is 0.122 e. The Morgan fingerprint density at radius 3 is 3.13 bits per heavy atom. The number of aromatic nitrogens is 2. The van der Waals surface area contributed by atoms with Crippen LogP contribution in [0.25, 0.3) is 0 Å². The number of rotatable bonds is 5. The van der Waals surface area contributed by atoms with Gasteiger partial charge in [-0.15, -0.1) is 0 Å². The van der Waals surface area contributed by atoms with Crippen molar-refractivity contribution in [2.24, 2.45) is 7.05 Å². The van der Waals surface area contributed by atoms with E-state index >= 15 is 0 Å². The normalized spacial score (nSPS) is 15.7. The molecular weight excluding hydrogens is 186 g/mol. The Morgan fingerprint density at radius 1 is 1.53 bits per heavy atom. The number of hydrogen-bond donors (Lipinski definition) is 1. The zero-order valence-corrected chi connectivity index (χ0v) is 9.37. The molecule has 0 atom stereocenters. The molecule has 1 aromatic rings. The SMILES string of the molecule is Cn1ccnc1CNCCC1=CCCC1. The van der Waals surface area contributed by atoms with E-state index in [4.69, 9.17) is 0 Å². The summed E-state index contributed by atoms with van der Waals surface area (Å²) >= 11 is 0. The first kappa shape index (κ1) is 10.4. The predicted molar refractivity (Wildman–Crippen MR) is 61.5 cm³/mol. The first-order chi connectivity index (χ1) is 7.36. The van der Waals surface area contributed by atoms with Crippen LogP contribution in [0.2, 0.25) is 0 Å². The standard InChI is InChI=1S/C12H19N3/c1-15-9-8-14-12(15)10-13-7-6-11-4-2-3-5-11/h4,8-9,13H,2-3,5-7,10H2,1H3. The second-order valence-electron chi connectivity index (χ2n) is 4.14. The van der Waals surface area contributed by atoms with E-state index in [1.165, 1.54) is 25.7 Å². The lowest BCUT2D eigenvalue weighted by Crippen LogP contribution is -2.17. The van der Waals surface area contributed by atoms with Gasteiger partial charge in [0.05, 0.1) is 6.54 Å². The zero-order chi connectivity index (χ0) is 10.5. The van der Waals surface area contributed by atoms with Crippen LogP contribution in [0.5, 0.6) is 0 Å². The van der Waals surface area contributed by atoms with Crippen molar-refractivity contribution in [2.45, 2.75) is 32.2 Å². The quantitative estimate of drug-likeness (QED) is 0.588. The van der Waals surface area contributed by atoms with Gasteiger partial charge in [0.15, 0.2) is 0 Å². The third-order valence-corrected chi connectivity index (χ3v) is 2.96. The fraction of sp³-hybridized carbons (Fsp3) is 0.583. The molecule has 0 spiro atoms. The lowest BCUT2D eigenvalue weighted by atomic mass is 10.2. The van der Waals surface area contributed by atoms with Gasteiger partial charge in [0.25, 0.3) is 0 Å². The van der Waals surface area contributed by atoms with Gasteiger partial charge < -0.3 is 9.88 Å². The molecule has 0 saturated carbocycles. The first-order valence-corrected chi connectivity index (χ1v) is 5.71. The molecule has 0 amide bonds. The van der Waals surface area contributed by atoms with Crippen molar-refractivity contribution in [2.75, 3.05) is 6.54 Å². The third-order valence-electron chi connectivity index (χ3n) is 2.96. The monoisotopic (exact) mass is 205 g/mol. The lowest BCUT2D eigenvalue weighted by Gasteiger charge is -2.05. The molecule has 1 aliphatic carbocycles. The van der Waals surface area contributed by atoms with Gasteiger partial charge in [0.1, 0.15) is 5.82 Å². The molecule has 1 N–H and O–H groups in total. The zero-order valence-electron chi connectivity index (χ0n) is 9.37. The molecule has 0 aromatic carbocycles. The van der Waals surface area contributed by atoms with Gasteiger partial charge in [-0.05, 0) is 32.2 Å². The second-order valence-corrected chi connectivity index (χ2v) is 4.14. The Morgan fingerprint density at radius 2 is 2.47 bits per heavy atom. The lowest BCUT2D eigenvalue weighted by molar-refractivity contribution is 0.632. The van der Waals surface area contributed by atoms with Gasteiger partial charge in [-0.1, -0.05) is 11.6 Å². The highest BCUT2D eigenvalue weighted by molar-refractivity contribution is 5.07. The molecular formula is C12H19N3. The summed E-state index contributed by atoms with van der Waals surface area (Å²) in [5.74, 6) is 1.11. The molecule has 3 heteroatoms. The molecule has 82 valence electrons. The van der Waals surface area contributed by atoms with Crippen molar-refractivity contribution in [3.05, 3.63) is 29.9 Å². The Bertz CT molecular complexity index is 338. The average Bonchev–Trinajstić information content (AvgIpc) is 2.85. The fourth-order valence-electron chi connectivity index (χ4n) is 1.98. The second kappa shape index (κ2) is 5.12. The van der Waals surface area contributed by atoms with Crippen LogP contribution in [-0.2, 0) is 13.6 Å². The Hall–Kier alpha value is -1.09. The number of nitrogens with one attached hydrogen (secondary N) is 1. The van der Waals surface area contributed by atoms with Gasteiger partial charge in [0, 0.05) is 19.4 Å². The maximum absolute atomic E-state index is 4.27. The molecule has 2 rings (SSSR count). The summed E-state index contributed by atoms with van der Waals surface area (Å²) in [6.45, 7) is 1.94. The molecule has 1 aliphatic rings. The Labute approximate surface area is 91.2 Å². The largest absolute Gasteiger partial charge is 0.337 e. The van der Waals surface area contributed by atoms with Gasteiger partial charge in [-0.25, -0.2) is 4.98 Å². The highest BCUT2D eigenvalue weighted by Gasteiger charge is 2.04. The van der Waals surface area contributed by atoms with Crippen LogP contribution in [0, 0.1) is 0 Å². The van der Waals surface area contributed by atoms with Gasteiger partial charge >= 0.3 is 0 Å². The number of nitrogens with zero attached hydrogens (tertiary/aromatic N) is 2. The van der Waals surface area contributed by atoms with Crippen molar-refractivity contribution in [1.29, 1.82) is 0 Å². The molecule has 0 unspecified atom stereocenters. The van der Waals surface area contributed by atoms with Crippen molar-refractivity contribution < 1.29 is 0 Å². The van der Waals surface area contributed by atoms with E-state index in [9.17, 15) is 0 Å². The summed E-state index contributed by atoms with van der Waals surface area (Å²) in [6, 6.07) is 0. The molecule has 1 heterocycles. The van der Waals surface area contributed by atoms with Crippen molar-refractivity contribution in [3.8, 4) is 0 Å². The van der Waals surface area contributed by atoms with E-state index < -0.39 is 0 Å².